The van der Waals surface area contributed by atoms with Crippen molar-refractivity contribution in [3.63, 3.8) is 0 Å². The number of para-hydroxylation sites is 1. The summed E-state index contributed by atoms with van der Waals surface area (Å²) in [6.45, 7) is 4.21. The lowest BCUT2D eigenvalue weighted by atomic mass is 9.73. The second-order valence-electron chi connectivity index (χ2n) is 9.16. The van der Waals surface area contributed by atoms with E-state index in [1.807, 2.05) is 42.5 Å². The summed E-state index contributed by atoms with van der Waals surface area (Å²) >= 11 is 6.21. The lowest BCUT2D eigenvalue weighted by Crippen LogP contribution is -2.36. The molecule has 1 aromatic heterocycles. The third kappa shape index (κ3) is 3.66. The number of carbonyl (C=O) groups is 1. The number of carbonyl (C=O) groups excluding carboxylic acids is 1. The number of rotatable bonds is 4. The fourth-order valence-electron chi connectivity index (χ4n) is 4.77. The van der Waals surface area contributed by atoms with Crippen LogP contribution in [0.1, 0.15) is 38.3 Å². The molecule has 8 heteroatoms. The van der Waals surface area contributed by atoms with Gasteiger partial charge in [-0.15, -0.1) is 5.10 Å². The number of hydrogen-bond donors (Lipinski definition) is 1. The minimum Gasteiger partial charge on any atom is -0.493 e. The largest absolute Gasteiger partial charge is 0.493 e. The molecule has 0 spiro atoms. The molecule has 170 valence electrons. The molecule has 0 saturated heterocycles. The number of methoxy groups -OCH3 is 2. The Morgan fingerprint density at radius 3 is 2.64 bits per heavy atom. The Morgan fingerprint density at radius 1 is 1.12 bits per heavy atom. The number of halogens is 1. The molecule has 2 heterocycles. The smallest absolute Gasteiger partial charge is 0.226 e. The maximum atomic E-state index is 13.5. The zero-order valence-corrected chi connectivity index (χ0v) is 19.7. The molecule has 7 nitrogen and oxygen atoms in total. The van der Waals surface area contributed by atoms with Gasteiger partial charge >= 0.3 is 0 Å². The van der Waals surface area contributed by atoms with E-state index in [0.717, 1.165) is 23.2 Å². The van der Waals surface area contributed by atoms with Crippen LogP contribution in [0.2, 0.25) is 5.02 Å². The summed E-state index contributed by atoms with van der Waals surface area (Å²) in [4.78, 5) is 18.2. The van der Waals surface area contributed by atoms with E-state index in [1.165, 1.54) is 0 Å². The van der Waals surface area contributed by atoms with Gasteiger partial charge in [0, 0.05) is 33.8 Å². The molecule has 0 bridgehead atoms. The van der Waals surface area contributed by atoms with Crippen molar-refractivity contribution in [1.82, 2.24) is 14.8 Å². The van der Waals surface area contributed by atoms with Crippen LogP contribution < -0.4 is 14.8 Å². The molecular weight excluding hydrogens is 440 g/mol. The van der Waals surface area contributed by atoms with Crippen molar-refractivity contribution in [2.24, 2.45) is 5.41 Å². The Kier molecular flexibility index (Phi) is 5.16. The van der Waals surface area contributed by atoms with E-state index in [-0.39, 0.29) is 11.2 Å². The minimum atomic E-state index is -0.495. The van der Waals surface area contributed by atoms with Crippen molar-refractivity contribution in [3.8, 4) is 22.9 Å². The first-order valence-corrected chi connectivity index (χ1v) is 11.2. The van der Waals surface area contributed by atoms with Gasteiger partial charge in [0.05, 0.1) is 14.2 Å². The fraction of sp³-hybridized carbons (Fsp3) is 0.320. The quantitative estimate of drug-likeness (QED) is 0.566. The number of Topliss-reactive ketones (excluding diaryl/α,β-unsaturated/α-hetero) is 1. The molecule has 1 aliphatic heterocycles. The summed E-state index contributed by atoms with van der Waals surface area (Å²) < 4.78 is 13.0. The van der Waals surface area contributed by atoms with Crippen LogP contribution in [0.4, 0.5) is 5.95 Å². The lowest BCUT2D eigenvalue weighted by Gasteiger charge is -2.38. The van der Waals surface area contributed by atoms with Crippen molar-refractivity contribution in [2.75, 3.05) is 19.5 Å². The molecule has 0 radical (unpaired) electrons. The highest BCUT2D eigenvalue weighted by molar-refractivity contribution is 6.30. The summed E-state index contributed by atoms with van der Waals surface area (Å²) in [5, 5.41) is 8.82. The average molecular weight is 465 g/mol. The third-order valence-electron chi connectivity index (χ3n) is 6.14. The molecule has 0 saturated carbocycles. The Morgan fingerprint density at radius 2 is 1.91 bits per heavy atom. The third-order valence-corrected chi connectivity index (χ3v) is 6.38. The van der Waals surface area contributed by atoms with E-state index in [4.69, 9.17) is 31.2 Å². The molecule has 0 unspecified atom stereocenters. The van der Waals surface area contributed by atoms with E-state index < -0.39 is 6.04 Å². The van der Waals surface area contributed by atoms with Crippen LogP contribution in [0.5, 0.6) is 11.5 Å². The SMILES string of the molecule is COc1cccc([C@@H]2C3=C(CC(C)(C)CC3=O)Nc3nc(-c4cccc(Cl)c4)nn32)c1OC. The van der Waals surface area contributed by atoms with Gasteiger partial charge in [0.15, 0.2) is 23.1 Å². The van der Waals surface area contributed by atoms with Gasteiger partial charge in [-0.3, -0.25) is 4.79 Å². The molecule has 2 aromatic carbocycles. The van der Waals surface area contributed by atoms with Crippen molar-refractivity contribution >= 4 is 23.3 Å². The number of ether oxygens (including phenoxy) is 2. The van der Waals surface area contributed by atoms with Crippen LogP contribution in [0.15, 0.2) is 53.7 Å². The fourth-order valence-corrected chi connectivity index (χ4v) is 4.96. The highest BCUT2D eigenvalue weighted by atomic mass is 35.5. The number of benzene rings is 2. The summed E-state index contributed by atoms with van der Waals surface area (Å²) in [6, 6.07) is 12.6. The maximum Gasteiger partial charge on any atom is 0.226 e. The molecular formula is C25H25ClN4O3. The van der Waals surface area contributed by atoms with Gasteiger partial charge in [-0.1, -0.05) is 49.7 Å². The first kappa shape index (κ1) is 21.5. The number of fused-ring (bicyclic) bond motifs is 1. The van der Waals surface area contributed by atoms with Gasteiger partial charge in [0.2, 0.25) is 5.95 Å². The normalized spacial score (nSPS) is 18.9. The van der Waals surface area contributed by atoms with Crippen molar-refractivity contribution in [1.29, 1.82) is 0 Å². The van der Waals surface area contributed by atoms with E-state index in [9.17, 15) is 4.79 Å². The Bertz CT molecular complexity index is 1290. The minimum absolute atomic E-state index is 0.0917. The predicted octanol–water partition coefficient (Wildman–Crippen LogP) is 5.27. The van der Waals surface area contributed by atoms with E-state index in [0.29, 0.717) is 40.3 Å². The average Bonchev–Trinajstić information content (AvgIpc) is 3.20. The predicted molar refractivity (Wildman–Crippen MR) is 127 cm³/mol. The van der Waals surface area contributed by atoms with Gasteiger partial charge in [-0.05, 0) is 30.0 Å². The van der Waals surface area contributed by atoms with Crippen LogP contribution in [-0.4, -0.2) is 34.8 Å². The van der Waals surface area contributed by atoms with E-state index in [1.54, 1.807) is 18.9 Å². The number of hydrogen-bond acceptors (Lipinski definition) is 6. The van der Waals surface area contributed by atoms with Crippen molar-refractivity contribution in [3.05, 3.63) is 64.3 Å². The Balaban J connectivity index is 1.74. The monoisotopic (exact) mass is 464 g/mol. The zero-order chi connectivity index (χ0) is 23.3. The number of allylic oxidation sites excluding steroid dienone is 2. The van der Waals surface area contributed by atoms with Crippen molar-refractivity contribution < 1.29 is 14.3 Å². The first-order valence-electron chi connectivity index (χ1n) is 10.8. The molecule has 3 aromatic rings. The maximum absolute atomic E-state index is 13.5. The topological polar surface area (TPSA) is 78.3 Å². The van der Waals surface area contributed by atoms with Gasteiger partial charge < -0.3 is 14.8 Å². The number of anilines is 1. The van der Waals surface area contributed by atoms with E-state index in [2.05, 4.69) is 19.2 Å². The van der Waals surface area contributed by atoms with Crippen LogP contribution >= 0.6 is 11.6 Å². The van der Waals surface area contributed by atoms with Gasteiger partial charge in [0.1, 0.15) is 6.04 Å². The van der Waals surface area contributed by atoms with Crippen LogP contribution in [0.3, 0.4) is 0 Å². The Labute approximate surface area is 197 Å². The second-order valence-corrected chi connectivity index (χ2v) is 9.59. The molecule has 1 aliphatic carbocycles. The molecule has 2 aliphatic rings. The standard InChI is InChI=1S/C25H25ClN4O3/c1-25(2)12-17-20(18(31)13-25)21(16-9-6-10-19(32-3)22(16)33-4)30-24(27-17)28-23(29-30)14-7-5-8-15(26)11-14/h5-11,21H,12-13H2,1-4H3,(H,27,28,29)/t21-/m1/s1. The Hall–Kier alpha value is -3.32. The number of nitrogens with one attached hydrogen (secondary N) is 1. The molecule has 0 fully saturated rings. The summed E-state index contributed by atoms with van der Waals surface area (Å²) in [5.41, 5.74) is 3.01. The van der Waals surface area contributed by atoms with Crippen LogP contribution in [0.25, 0.3) is 11.4 Å². The summed E-state index contributed by atoms with van der Waals surface area (Å²) in [5.74, 6) is 2.36. The number of aromatic nitrogens is 3. The van der Waals surface area contributed by atoms with Crippen LogP contribution in [0, 0.1) is 5.41 Å². The highest BCUT2D eigenvalue weighted by Crippen LogP contribution is 2.48. The summed E-state index contributed by atoms with van der Waals surface area (Å²) in [6.07, 6.45) is 1.19. The van der Waals surface area contributed by atoms with Crippen LogP contribution in [-0.2, 0) is 4.79 Å². The van der Waals surface area contributed by atoms with Gasteiger partial charge in [-0.2, -0.15) is 4.98 Å². The number of ketones is 1. The molecule has 5 rings (SSSR count). The molecule has 33 heavy (non-hydrogen) atoms. The van der Waals surface area contributed by atoms with Gasteiger partial charge in [0.25, 0.3) is 0 Å². The molecule has 1 N–H and O–H groups in total. The molecule has 1 atom stereocenters. The van der Waals surface area contributed by atoms with E-state index >= 15 is 0 Å². The van der Waals surface area contributed by atoms with Gasteiger partial charge in [-0.25, -0.2) is 4.68 Å². The zero-order valence-electron chi connectivity index (χ0n) is 19.0. The second kappa shape index (κ2) is 7.92. The highest BCUT2D eigenvalue weighted by Gasteiger charge is 2.43. The van der Waals surface area contributed by atoms with Crippen molar-refractivity contribution in [2.45, 2.75) is 32.7 Å². The lowest BCUT2D eigenvalue weighted by molar-refractivity contribution is -0.118. The number of nitrogens with zero attached hydrogens (tertiary/aromatic N) is 3. The molecule has 0 amide bonds. The summed E-state index contributed by atoms with van der Waals surface area (Å²) in [7, 11) is 3.20. The first-order chi connectivity index (χ1) is 15.8.